The quantitative estimate of drug-likeness (QED) is 0.524. The maximum absolute atomic E-state index is 15.5. The molecule has 0 aromatic carbocycles. The van der Waals surface area contributed by atoms with E-state index >= 15 is 4.39 Å². The molecule has 1 amide bonds. The monoisotopic (exact) mass is 531 g/mol. The summed E-state index contributed by atoms with van der Waals surface area (Å²) < 4.78 is 46.7. The average Bonchev–Trinajstić information content (AvgIpc) is 3.33. The number of rotatable bonds is 9. The van der Waals surface area contributed by atoms with Crippen molar-refractivity contribution in [2.24, 2.45) is 0 Å². The zero-order chi connectivity index (χ0) is 25.1. The third-order valence-electron chi connectivity index (χ3n) is 6.53. The van der Waals surface area contributed by atoms with Crippen molar-refractivity contribution in [1.29, 1.82) is 0 Å². The number of ether oxygens (including phenoxy) is 1. The molecule has 3 heterocycles. The van der Waals surface area contributed by atoms with E-state index in [4.69, 9.17) is 4.74 Å². The number of thiazole rings is 1. The number of carbonyl (C=O) groups is 1. The maximum Gasteiger partial charge on any atom is 0.278 e. The van der Waals surface area contributed by atoms with Gasteiger partial charge in [0.15, 0.2) is 6.61 Å². The van der Waals surface area contributed by atoms with E-state index in [2.05, 4.69) is 25.4 Å². The number of nitrogens with one attached hydrogen (secondary N) is 1. The zero-order valence-corrected chi connectivity index (χ0v) is 21.8. The van der Waals surface area contributed by atoms with Crippen LogP contribution in [-0.4, -0.2) is 69.9 Å². The Kier molecular flexibility index (Phi) is 8.32. The van der Waals surface area contributed by atoms with E-state index in [0.29, 0.717) is 55.3 Å². The lowest BCUT2D eigenvalue weighted by Crippen LogP contribution is -2.43. The Balaban J connectivity index is 1.17. The van der Waals surface area contributed by atoms with Gasteiger partial charge in [0.25, 0.3) is 11.1 Å². The zero-order valence-electron chi connectivity index (χ0n) is 20.1. The molecule has 2 aliphatic rings. The van der Waals surface area contributed by atoms with Crippen LogP contribution in [0.5, 0.6) is 5.19 Å². The van der Waals surface area contributed by atoms with Gasteiger partial charge in [-0.05, 0) is 45.4 Å². The van der Waals surface area contributed by atoms with Crippen molar-refractivity contribution >= 4 is 28.6 Å². The van der Waals surface area contributed by atoms with Crippen LogP contribution in [0.15, 0.2) is 0 Å². The number of nitrogens with zero attached hydrogens (tertiary/aromatic N) is 4. The third kappa shape index (κ3) is 7.85. The number of halogens is 3. The minimum Gasteiger partial charge on any atom is -0.464 e. The Morgan fingerprint density at radius 2 is 1.97 bits per heavy atom. The van der Waals surface area contributed by atoms with E-state index in [-0.39, 0.29) is 18.4 Å². The van der Waals surface area contributed by atoms with Gasteiger partial charge in [-0.15, -0.1) is 21.5 Å². The first-order valence-corrected chi connectivity index (χ1v) is 13.7. The molecule has 1 N–H and O–H groups in total. The first-order valence-electron chi connectivity index (χ1n) is 12.1. The second-order valence-corrected chi connectivity index (χ2v) is 12.0. The summed E-state index contributed by atoms with van der Waals surface area (Å²) in [4.78, 5) is 20.0. The smallest absolute Gasteiger partial charge is 0.278 e. The van der Waals surface area contributed by atoms with Gasteiger partial charge in [0, 0.05) is 43.9 Å². The number of fused-ring (bicyclic) bond motifs is 1. The third-order valence-corrected chi connectivity index (χ3v) is 8.44. The number of amides is 1. The van der Waals surface area contributed by atoms with Gasteiger partial charge in [-0.2, -0.15) is 0 Å². The summed E-state index contributed by atoms with van der Waals surface area (Å²) in [5.74, 6) is -2.97. The van der Waals surface area contributed by atoms with Crippen LogP contribution in [0.25, 0.3) is 0 Å². The number of carbonyl (C=O) groups excluding carboxylic acids is 1. The molecule has 7 nitrogen and oxygen atoms in total. The predicted octanol–water partition coefficient (Wildman–Crippen LogP) is 4.14. The topological polar surface area (TPSA) is 80.2 Å². The highest BCUT2D eigenvalue weighted by Crippen LogP contribution is 2.36. The van der Waals surface area contributed by atoms with Crippen molar-refractivity contribution in [3.05, 3.63) is 20.6 Å². The highest BCUT2D eigenvalue weighted by Gasteiger charge is 2.36. The second-order valence-electron chi connectivity index (χ2n) is 9.68. The summed E-state index contributed by atoms with van der Waals surface area (Å²) in [6.07, 6.45) is 4.33. The van der Waals surface area contributed by atoms with E-state index in [1.54, 1.807) is 0 Å². The van der Waals surface area contributed by atoms with Crippen molar-refractivity contribution in [3.8, 4) is 5.19 Å². The largest absolute Gasteiger partial charge is 0.464 e. The number of hydrogen-bond acceptors (Lipinski definition) is 8. The Morgan fingerprint density at radius 1 is 1.23 bits per heavy atom. The normalized spacial score (nSPS) is 23.5. The van der Waals surface area contributed by atoms with E-state index in [1.807, 2.05) is 6.92 Å². The van der Waals surface area contributed by atoms with E-state index < -0.39 is 18.2 Å². The lowest BCUT2D eigenvalue weighted by Gasteiger charge is -2.35. The summed E-state index contributed by atoms with van der Waals surface area (Å²) in [5, 5.41) is 12.8. The molecular weight excluding hydrogens is 499 g/mol. The number of aromatic nitrogens is 3. The van der Waals surface area contributed by atoms with Gasteiger partial charge in [0.2, 0.25) is 5.91 Å². The van der Waals surface area contributed by atoms with Gasteiger partial charge in [-0.3, -0.25) is 4.79 Å². The molecule has 0 atom stereocenters. The first kappa shape index (κ1) is 26.3. The molecule has 0 unspecified atom stereocenters. The molecule has 0 radical (unpaired) electrons. The highest BCUT2D eigenvalue weighted by atomic mass is 32.1. The van der Waals surface area contributed by atoms with Gasteiger partial charge < -0.3 is 15.0 Å². The number of aryl methyl sites for hydroxylation is 1. The fraction of sp³-hybridized carbons (Fsp3) is 0.739. The fourth-order valence-electron chi connectivity index (χ4n) is 4.57. The van der Waals surface area contributed by atoms with Crippen LogP contribution in [0, 0.1) is 6.92 Å². The summed E-state index contributed by atoms with van der Waals surface area (Å²) >= 11 is 2.75. The van der Waals surface area contributed by atoms with Crippen LogP contribution in [0.4, 0.5) is 13.2 Å². The maximum atomic E-state index is 15.5. The highest BCUT2D eigenvalue weighted by molar-refractivity contribution is 7.13. The van der Waals surface area contributed by atoms with Gasteiger partial charge >= 0.3 is 0 Å². The minimum atomic E-state index is -2.88. The average molecular weight is 532 g/mol. The van der Waals surface area contributed by atoms with Crippen LogP contribution in [0.2, 0.25) is 0 Å². The van der Waals surface area contributed by atoms with Crippen molar-refractivity contribution < 1.29 is 22.7 Å². The predicted molar refractivity (Wildman–Crippen MR) is 129 cm³/mol. The van der Waals surface area contributed by atoms with E-state index in [1.165, 1.54) is 22.7 Å². The number of hydrogen-bond donors (Lipinski definition) is 1. The Hall–Kier alpha value is -1.79. The fourth-order valence-corrected chi connectivity index (χ4v) is 6.22. The number of alkyl halides is 3. The molecule has 0 spiro atoms. The molecule has 1 saturated carbocycles. The molecule has 194 valence electrons. The lowest BCUT2D eigenvalue weighted by molar-refractivity contribution is -0.121. The molecule has 1 fully saturated rings. The lowest BCUT2D eigenvalue weighted by atomic mass is 9.81. The molecule has 1 aliphatic heterocycles. The van der Waals surface area contributed by atoms with Crippen LogP contribution >= 0.6 is 22.7 Å². The van der Waals surface area contributed by atoms with Crippen LogP contribution in [-0.2, 0) is 24.1 Å². The summed E-state index contributed by atoms with van der Waals surface area (Å²) in [6, 6.07) is 0.00436. The van der Waals surface area contributed by atoms with Gasteiger partial charge in [0.05, 0.1) is 12.1 Å². The van der Waals surface area contributed by atoms with E-state index in [9.17, 15) is 13.6 Å². The molecule has 0 saturated heterocycles. The summed E-state index contributed by atoms with van der Waals surface area (Å²) in [6.45, 7) is 4.24. The van der Waals surface area contributed by atoms with E-state index in [0.717, 1.165) is 42.0 Å². The SMILES string of the molecule is Cc1nnc(CC(=O)N[C@H]2CC[C@](F)(CCN3CCc4nc(OCC(C)(F)F)sc4CC3)CC2)s1. The summed E-state index contributed by atoms with van der Waals surface area (Å²) in [5.41, 5.74) is -0.305. The van der Waals surface area contributed by atoms with Crippen molar-refractivity contribution in [3.63, 3.8) is 0 Å². The second kappa shape index (κ2) is 11.1. The first-order chi connectivity index (χ1) is 16.6. The molecule has 2 aromatic heterocycles. The van der Waals surface area contributed by atoms with Gasteiger partial charge in [0.1, 0.15) is 15.7 Å². The molecular formula is C23H32F3N5O2S2. The molecule has 4 rings (SSSR count). The molecule has 0 bridgehead atoms. The van der Waals surface area contributed by atoms with Crippen LogP contribution in [0.3, 0.4) is 0 Å². The Bertz CT molecular complexity index is 976. The molecule has 35 heavy (non-hydrogen) atoms. The minimum absolute atomic E-state index is 0.00436. The van der Waals surface area contributed by atoms with Crippen molar-refractivity contribution in [2.75, 3.05) is 26.2 Å². The Morgan fingerprint density at radius 3 is 2.66 bits per heavy atom. The van der Waals surface area contributed by atoms with Gasteiger partial charge in [-0.25, -0.2) is 18.2 Å². The van der Waals surface area contributed by atoms with Crippen molar-refractivity contribution in [2.45, 2.75) is 82.8 Å². The van der Waals surface area contributed by atoms with Crippen molar-refractivity contribution in [1.82, 2.24) is 25.4 Å². The standard InChI is InChI=1S/C23H32F3N5O2S2/c1-15-29-30-20(34-15)13-19(32)27-16-3-7-23(26,8-4-16)9-12-31-10-5-17-18(6-11-31)35-21(28-17)33-14-22(2,24)25/h16H,3-14H2,1-2H3,(H,27,32)/t16-,23+. The molecule has 2 aromatic rings. The molecule has 1 aliphatic carbocycles. The Labute approximate surface area is 211 Å². The van der Waals surface area contributed by atoms with Crippen LogP contribution in [0.1, 0.15) is 59.6 Å². The van der Waals surface area contributed by atoms with Crippen LogP contribution < -0.4 is 10.1 Å². The van der Waals surface area contributed by atoms with Gasteiger partial charge in [-0.1, -0.05) is 11.3 Å². The molecule has 12 heteroatoms. The summed E-state index contributed by atoms with van der Waals surface area (Å²) in [7, 11) is 0.